The molecule has 0 heterocycles. The molecular formula is C18H23N3O6S2. The highest BCUT2D eigenvalue weighted by molar-refractivity contribution is 7.92. The van der Waals surface area contributed by atoms with Gasteiger partial charge in [0.1, 0.15) is 0 Å². The van der Waals surface area contributed by atoms with Gasteiger partial charge in [-0.25, -0.2) is 25.9 Å². The van der Waals surface area contributed by atoms with E-state index in [1.54, 1.807) is 6.92 Å². The summed E-state index contributed by atoms with van der Waals surface area (Å²) in [5.74, 6) is -1.26. The number of carbonyl (C=O) groups is 1. The van der Waals surface area contributed by atoms with Crippen LogP contribution in [0, 0.1) is 6.92 Å². The van der Waals surface area contributed by atoms with Crippen molar-refractivity contribution in [2.75, 3.05) is 30.7 Å². The van der Waals surface area contributed by atoms with Gasteiger partial charge in [-0.1, -0.05) is 6.07 Å². The molecule has 0 fully saturated rings. The molecule has 0 amide bonds. The third-order valence-electron chi connectivity index (χ3n) is 4.11. The van der Waals surface area contributed by atoms with Crippen molar-refractivity contribution in [1.29, 1.82) is 0 Å². The van der Waals surface area contributed by atoms with E-state index in [0.717, 1.165) is 10.4 Å². The van der Waals surface area contributed by atoms with Crippen molar-refractivity contribution < 1.29 is 26.7 Å². The second kappa shape index (κ2) is 8.39. The van der Waals surface area contributed by atoms with Crippen LogP contribution in [0.15, 0.2) is 46.2 Å². The highest BCUT2D eigenvalue weighted by Crippen LogP contribution is 2.29. The van der Waals surface area contributed by atoms with E-state index in [4.69, 9.17) is 5.11 Å². The smallest absolute Gasteiger partial charge is 0.335 e. The zero-order valence-corrected chi connectivity index (χ0v) is 18.1. The topological polar surface area (TPSA) is 133 Å². The van der Waals surface area contributed by atoms with Gasteiger partial charge in [-0.15, -0.1) is 0 Å². The maximum atomic E-state index is 13.0. The second-order valence-electron chi connectivity index (χ2n) is 6.42. The molecule has 0 aromatic heterocycles. The third kappa shape index (κ3) is 4.86. The van der Waals surface area contributed by atoms with E-state index in [1.807, 2.05) is 6.92 Å². The summed E-state index contributed by atoms with van der Waals surface area (Å²) in [7, 11) is -5.22. The molecule has 0 unspecified atom stereocenters. The van der Waals surface area contributed by atoms with Gasteiger partial charge in [0.15, 0.2) is 0 Å². The largest absolute Gasteiger partial charge is 0.478 e. The van der Waals surface area contributed by atoms with Crippen molar-refractivity contribution in [3.8, 4) is 0 Å². The number of aromatic carboxylic acids is 1. The first-order valence-electron chi connectivity index (χ1n) is 8.57. The molecule has 0 saturated carbocycles. The second-order valence-corrected chi connectivity index (χ2v) is 10.2. The number of sulfonamides is 2. The van der Waals surface area contributed by atoms with E-state index in [2.05, 4.69) is 10.0 Å². The molecule has 0 bridgehead atoms. The Labute approximate surface area is 170 Å². The van der Waals surface area contributed by atoms with Gasteiger partial charge in [-0.3, -0.25) is 4.72 Å². The van der Waals surface area contributed by atoms with E-state index in [1.165, 1.54) is 44.4 Å². The minimum atomic E-state index is -4.19. The Hall–Kier alpha value is -2.63. The highest BCUT2D eigenvalue weighted by atomic mass is 32.2. The van der Waals surface area contributed by atoms with Crippen LogP contribution in [0.4, 0.5) is 11.4 Å². The number of benzene rings is 2. The van der Waals surface area contributed by atoms with E-state index >= 15 is 0 Å². The number of nitrogens with one attached hydrogen (secondary N) is 2. The lowest BCUT2D eigenvalue weighted by Crippen LogP contribution is -2.23. The fraction of sp³-hybridized carbons (Fsp3) is 0.278. The molecule has 0 aliphatic carbocycles. The van der Waals surface area contributed by atoms with Gasteiger partial charge in [0, 0.05) is 20.6 Å². The van der Waals surface area contributed by atoms with Crippen LogP contribution < -0.4 is 10.0 Å². The Balaban J connectivity index is 2.59. The van der Waals surface area contributed by atoms with Crippen molar-refractivity contribution in [2.45, 2.75) is 23.6 Å². The minimum Gasteiger partial charge on any atom is -0.478 e. The molecule has 158 valence electrons. The summed E-state index contributed by atoms with van der Waals surface area (Å²) in [4.78, 5) is 10.9. The molecule has 0 aliphatic rings. The summed E-state index contributed by atoms with van der Waals surface area (Å²) >= 11 is 0. The molecule has 2 aromatic carbocycles. The van der Waals surface area contributed by atoms with E-state index in [9.17, 15) is 21.6 Å². The SMILES string of the molecule is CCNc1ccc(S(=O)(=O)N(C)C)cc1NS(=O)(=O)c1cc(C(=O)O)ccc1C. The lowest BCUT2D eigenvalue weighted by atomic mass is 10.1. The van der Waals surface area contributed by atoms with Crippen molar-refractivity contribution in [3.63, 3.8) is 0 Å². The molecule has 11 heteroatoms. The maximum Gasteiger partial charge on any atom is 0.335 e. The molecule has 2 aromatic rings. The fourth-order valence-electron chi connectivity index (χ4n) is 2.55. The highest BCUT2D eigenvalue weighted by Gasteiger charge is 2.23. The zero-order chi connectivity index (χ0) is 22.0. The van der Waals surface area contributed by atoms with Gasteiger partial charge >= 0.3 is 5.97 Å². The van der Waals surface area contributed by atoms with Crippen molar-refractivity contribution in [1.82, 2.24) is 4.31 Å². The molecule has 0 radical (unpaired) electrons. The van der Waals surface area contributed by atoms with E-state index in [-0.39, 0.29) is 21.0 Å². The first-order valence-corrected chi connectivity index (χ1v) is 11.5. The van der Waals surface area contributed by atoms with Crippen LogP contribution in [0.25, 0.3) is 0 Å². The van der Waals surface area contributed by atoms with Gasteiger partial charge in [0.2, 0.25) is 10.0 Å². The lowest BCUT2D eigenvalue weighted by molar-refractivity contribution is 0.0696. The summed E-state index contributed by atoms with van der Waals surface area (Å²) in [6.07, 6.45) is 0. The molecule has 0 atom stereocenters. The summed E-state index contributed by atoms with van der Waals surface area (Å²) in [5, 5.41) is 12.1. The number of carboxylic acid groups (broad SMARTS) is 1. The van der Waals surface area contributed by atoms with Crippen LogP contribution in [0.5, 0.6) is 0 Å². The molecule has 0 saturated heterocycles. The van der Waals surface area contributed by atoms with Crippen LogP contribution in [-0.4, -0.2) is 52.9 Å². The monoisotopic (exact) mass is 441 g/mol. The average molecular weight is 442 g/mol. The standard InChI is InChI=1S/C18H23N3O6S2/c1-5-19-15-9-8-14(29(26,27)21(3)4)11-16(15)20-28(24,25)17-10-13(18(22)23)7-6-12(17)2/h6-11,19-20H,5H2,1-4H3,(H,22,23). The van der Waals surface area contributed by atoms with Crippen LogP contribution in [-0.2, 0) is 20.0 Å². The van der Waals surface area contributed by atoms with Gasteiger partial charge in [0.05, 0.1) is 26.7 Å². The minimum absolute atomic E-state index is 0.0369. The number of hydrogen-bond acceptors (Lipinski definition) is 6. The van der Waals surface area contributed by atoms with Crippen LogP contribution in [0.1, 0.15) is 22.8 Å². The van der Waals surface area contributed by atoms with Gasteiger partial charge in [-0.05, 0) is 49.7 Å². The Bertz CT molecular complexity index is 1140. The number of anilines is 2. The molecule has 0 spiro atoms. The van der Waals surface area contributed by atoms with Gasteiger partial charge in [0.25, 0.3) is 10.0 Å². The number of carboxylic acids is 1. The summed E-state index contributed by atoms with van der Waals surface area (Å²) in [6, 6.07) is 7.84. The van der Waals surface area contributed by atoms with Crippen LogP contribution in [0.2, 0.25) is 0 Å². The first kappa shape index (κ1) is 22.7. The van der Waals surface area contributed by atoms with Crippen molar-refractivity contribution in [3.05, 3.63) is 47.5 Å². The Morgan fingerprint density at radius 2 is 1.69 bits per heavy atom. The Morgan fingerprint density at radius 3 is 2.24 bits per heavy atom. The Kier molecular flexibility index (Phi) is 6.56. The third-order valence-corrected chi connectivity index (χ3v) is 7.42. The quantitative estimate of drug-likeness (QED) is 0.572. The lowest BCUT2D eigenvalue weighted by Gasteiger charge is -2.17. The molecule has 3 N–H and O–H groups in total. The van der Waals surface area contributed by atoms with Gasteiger partial charge < -0.3 is 10.4 Å². The predicted octanol–water partition coefficient (Wildman–Crippen LogP) is 2.18. The average Bonchev–Trinajstić information content (AvgIpc) is 2.62. The number of rotatable bonds is 8. The van der Waals surface area contributed by atoms with E-state index in [0.29, 0.717) is 17.8 Å². The number of nitrogens with zero attached hydrogens (tertiary/aromatic N) is 1. The predicted molar refractivity (Wildman–Crippen MR) is 110 cm³/mol. The van der Waals surface area contributed by atoms with Crippen LogP contribution in [0.3, 0.4) is 0 Å². The summed E-state index contributed by atoms with van der Waals surface area (Å²) in [6.45, 7) is 3.82. The van der Waals surface area contributed by atoms with Gasteiger partial charge in [-0.2, -0.15) is 0 Å². The van der Waals surface area contributed by atoms with Crippen molar-refractivity contribution >= 4 is 37.4 Å². The molecule has 29 heavy (non-hydrogen) atoms. The molecule has 2 rings (SSSR count). The maximum absolute atomic E-state index is 13.0. The Morgan fingerprint density at radius 1 is 1.03 bits per heavy atom. The van der Waals surface area contributed by atoms with Crippen molar-refractivity contribution in [2.24, 2.45) is 0 Å². The van der Waals surface area contributed by atoms with Crippen LogP contribution >= 0.6 is 0 Å². The molecule has 9 nitrogen and oxygen atoms in total. The number of aryl methyl sites for hydroxylation is 1. The normalized spacial score (nSPS) is 12.0. The fourth-order valence-corrected chi connectivity index (χ4v) is 4.82. The molecule has 0 aliphatic heterocycles. The van der Waals surface area contributed by atoms with E-state index < -0.39 is 26.0 Å². The molecular weight excluding hydrogens is 418 g/mol. The zero-order valence-electron chi connectivity index (χ0n) is 16.4. The summed E-state index contributed by atoms with van der Waals surface area (Å²) in [5.41, 5.74) is 0.604. The summed E-state index contributed by atoms with van der Waals surface area (Å²) < 4.78 is 54.2. The first-order chi connectivity index (χ1) is 13.4. The number of hydrogen-bond donors (Lipinski definition) is 3.